The third kappa shape index (κ3) is 5.27. The Kier molecular flexibility index (Phi) is 6.92. The van der Waals surface area contributed by atoms with E-state index in [1.54, 1.807) is 7.11 Å². The zero-order valence-corrected chi connectivity index (χ0v) is 11.8. The molecule has 4 nitrogen and oxygen atoms in total. The van der Waals surface area contributed by atoms with Crippen LogP contribution >= 0.6 is 11.8 Å². The first-order chi connectivity index (χ1) is 8.15. The average molecular weight is 261 g/mol. The van der Waals surface area contributed by atoms with Crippen molar-refractivity contribution >= 4 is 17.7 Å². The molecule has 1 fully saturated rings. The van der Waals surface area contributed by atoms with Gasteiger partial charge in [0.2, 0.25) is 5.91 Å². The maximum absolute atomic E-state index is 12.1. The number of nitrogens with zero attached hydrogens (tertiary/aromatic N) is 1. The first-order valence-electron chi connectivity index (χ1n) is 6.13. The number of rotatable bonds is 7. The maximum atomic E-state index is 12.1. The Morgan fingerprint density at radius 1 is 1.53 bits per heavy atom. The van der Waals surface area contributed by atoms with E-state index in [-0.39, 0.29) is 18.6 Å². The summed E-state index contributed by atoms with van der Waals surface area (Å²) in [5.74, 6) is 2.27. The highest BCUT2D eigenvalue weighted by Crippen LogP contribution is 2.22. The van der Waals surface area contributed by atoms with Gasteiger partial charge < -0.3 is 14.4 Å². The summed E-state index contributed by atoms with van der Waals surface area (Å²) in [4.78, 5) is 14.0. The molecule has 1 aliphatic rings. The van der Waals surface area contributed by atoms with Gasteiger partial charge in [-0.25, -0.2) is 0 Å². The van der Waals surface area contributed by atoms with E-state index in [4.69, 9.17) is 9.47 Å². The van der Waals surface area contributed by atoms with Gasteiger partial charge in [0.05, 0.1) is 12.7 Å². The maximum Gasteiger partial charge on any atom is 0.248 e. The van der Waals surface area contributed by atoms with Gasteiger partial charge >= 0.3 is 0 Å². The highest BCUT2D eigenvalue weighted by molar-refractivity contribution is 7.99. The second kappa shape index (κ2) is 7.95. The summed E-state index contributed by atoms with van der Waals surface area (Å²) in [7, 11) is 1.66. The van der Waals surface area contributed by atoms with Gasteiger partial charge in [0.1, 0.15) is 6.61 Å². The summed E-state index contributed by atoms with van der Waals surface area (Å²) >= 11 is 1.91. The summed E-state index contributed by atoms with van der Waals surface area (Å²) in [6.07, 6.45) is 1.18. The molecule has 1 saturated heterocycles. The van der Waals surface area contributed by atoms with Gasteiger partial charge in [0.15, 0.2) is 0 Å². The van der Waals surface area contributed by atoms with Gasteiger partial charge in [-0.1, -0.05) is 0 Å². The van der Waals surface area contributed by atoms with E-state index in [0.717, 1.165) is 17.9 Å². The number of carbonyl (C=O) groups excluding carboxylic acids is 1. The molecule has 0 bridgehead atoms. The zero-order chi connectivity index (χ0) is 12.7. The van der Waals surface area contributed by atoms with E-state index in [1.165, 1.54) is 0 Å². The van der Waals surface area contributed by atoms with Crippen molar-refractivity contribution in [3.8, 4) is 0 Å². The lowest BCUT2D eigenvalue weighted by Gasteiger charge is -2.28. The predicted molar refractivity (Wildman–Crippen MR) is 70.4 cm³/mol. The molecule has 0 aromatic carbocycles. The van der Waals surface area contributed by atoms with Gasteiger partial charge in [-0.05, 0) is 26.0 Å². The Labute approximate surface area is 108 Å². The Balaban J connectivity index is 2.45. The minimum absolute atomic E-state index is 0.0863. The fraction of sp³-hybridized carbons (Fsp3) is 0.917. The number of thioether (sulfide) groups is 1. The molecule has 100 valence electrons. The number of ether oxygens (including phenoxy) is 2. The summed E-state index contributed by atoms with van der Waals surface area (Å²) < 4.78 is 10.5. The standard InChI is InChI=1S/C12H23NO3S/c1-10(2)16-8-12(14)13(5-6-15-3)11-4-7-17-9-11/h10-11H,4-9H2,1-3H3. The van der Waals surface area contributed by atoms with Crippen molar-refractivity contribution < 1.29 is 14.3 Å². The summed E-state index contributed by atoms with van der Waals surface area (Å²) in [6.45, 7) is 5.33. The fourth-order valence-electron chi connectivity index (χ4n) is 1.79. The van der Waals surface area contributed by atoms with E-state index >= 15 is 0 Å². The van der Waals surface area contributed by atoms with Gasteiger partial charge in [-0.2, -0.15) is 11.8 Å². The van der Waals surface area contributed by atoms with Crippen LogP contribution in [0.3, 0.4) is 0 Å². The second-order valence-corrected chi connectivity index (χ2v) is 5.61. The molecule has 1 atom stereocenters. The third-order valence-corrected chi connectivity index (χ3v) is 3.89. The van der Waals surface area contributed by atoms with Crippen LogP contribution < -0.4 is 0 Å². The molecule has 1 amide bonds. The van der Waals surface area contributed by atoms with Crippen LogP contribution in [-0.2, 0) is 14.3 Å². The highest BCUT2D eigenvalue weighted by atomic mass is 32.2. The smallest absolute Gasteiger partial charge is 0.248 e. The molecule has 0 spiro atoms. The van der Waals surface area contributed by atoms with E-state index < -0.39 is 0 Å². The highest BCUT2D eigenvalue weighted by Gasteiger charge is 2.26. The second-order valence-electron chi connectivity index (χ2n) is 4.46. The topological polar surface area (TPSA) is 38.8 Å². The molecule has 0 saturated carbocycles. The minimum atomic E-state index is 0.0863. The molecular formula is C12H23NO3S. The lowest BCUT2D eigenvalue weighted by atomic mass is 10.2. The largest absolute Gasteiger partial charge is 0.383 e. The summed E-state index contributed by atoms with van der Waals surface area (Å²) in [6, 6.07) is 0.360. The Morgan fingerprint density at radius 3 is 2.82 bits per heavy atom. The van der Waals surface area contributed by atoms with Gasteiger partial charge in [0, 0.05) is 25.4 Å². The molecule has 5 heteroatoms. The van der Waals surface area contributed by atoms with Crippen molar-refractivity contribution in [2.75, 3.05) is 38.4 Å². The van der Waals surface area contributed by atoms with Crippen LogP contribution in [0.1, 0.15) is 20.3 Å². The van der Waals surface area contributed by atoms with Crippen LogP contribution in [0.2, 0.25) is 0 Å². The van der Waals surface area contributed by atoms with Crippen LogP contribution in [0.5, 0.6) is 0 Å². The SMILES string of the molecule is COCCN(C(=O)COC(C)C)C1CCSC1. The first kappa shape index (κ1) is 14.8. The van der Waals surface area contributed by atoms with Crippen LogP contribution in [0.15, 0.2) is 0 Å². The lowest BCUT2D eigenvalue weighted by Crippen LogP contribution is -2.44. The van der Waals surface area contributed by atoms with Crippen molar-refractivity contribution in [2.45, 2.75) is 32.4 Å². The van der Waals surface area contributed by atoms with Crippen molar-refractivity contribution in [2.24, 2.45) is 0 Å². The minimum Gasteiger partial charge on any atom is -0.383 e. The lowest BCUT2D eigenvalue weighted by molar-refractivity contribution is -0.140. The van der Waals surface area contributed by atoms with E-state index in [2.05, 4.69) is 0 Å². The average Bonchev–Trinajstić information content (AvgIpc) is 2.80. The Morgan fingerprint density at radius 2 is 2.29 bits per heavy atom. The molecule has 1 aliphatic heterocycles. The summed E-state index contributed by atoms with van der Waals surface area (Å²) in [5.41, 5.74) is 0. The molecule has 1 unspecified atom stereocenters. The third-order valence-electron chi connectivity index (χ3n) is 2.74. The van der Waals surface area contributed by atoms with Crippen LogP contribution in [0.4, 0.5) is 0 Å². The Bertz CT molecular complexity index is 230. The molecule has 0 aromatic heterocycles. The van der Waals surface area contributed by atoms with Crippen LogP contribution in [0, 0.1) is 0 Å². The molecule has 1 rings (SSSR count). The van der Waals surface area contributed by atoms with E-state index in [1.807, 2.05) is 30.5 Å². The first-order valence-corrected chi connectivity index (χ1v) is 7.28. The van der Waals surface area contributed by atoms with E-state index in [0.29, 0.717) is 19.2 Å². The van der Waals surface area contributed by atoms with Crippen LogP contribution in [-0.4, -0.2) is 61.3 Å². The molecule has 0 aromatic rings. The number of carbonyl (C=O) groups is 1. The number of hydrogen-bond acceptors (Lipinski definition) is 4. The monoisotopic (exact) mass is 261 g/mol. The fourth-order valence-corrected chi connectivity index (χ4v) is 3.01. The Hall–Kier alpha value is -0.260. The molecule has 0 N–H and O–H groups in total. The van der Waals surface area contributed by atoms with Gasteiger partial charge in [-0.3, -0.25) is 4.79 Å². The molecule has 0 aliphatic carbocycles. The molecule has 0 radical (unpaired) electrons. The number of methoxy groups -OCH3 is 1. The number of hydrogen-bond donors (Lipinski definition) is 0. The zero-order valence-electron chi connectivity index (χ0n) is 11.0. The molecule has 17 heavy (non-hydrogen) atoms. The molecule has 1 heterocycles. The predicted octanol–water partition coefficient (Wildman–Crippen LogP) is 1.39. The molecular weight excluding hydrogens is 238 g/mol. The van der Waals surface area contributed by atoms with Crippen molar-refractivity contribution in [3.63, 3.8) is 0 Å². The normalized spacial score (nSPS) is 19.9. The van der Waals surface area contributed by atoms with Crippen molar-refractivity contribution in [1.82, 2.24) is 4.90 Å². The van der Waals surface area contributed by atoms with Crippen molar-refractivity contribution in [3.05, 3.63) is 0 Å². The summed E-state index contributed by atoms with van der Waals surface area (Å²) in [5, 5.41) is 0. The van der Waals surface area contributed by atoms with Gasteiger partial charge in [0.25, 0.3) is 0 Å². The van der Waals surface area contributed by atoms with Crippen molar-refractivity contribution in [1.29, 1.82) is 0 Å². The van der Waals surface area contributed by atoms with Crippen LogP contribution in [0.25, 0.3) is 0 Å². The number of amides is 1. The van der Waals surface area contributed by atoms with Gasteiger partial charge in [-0.15, -0.1) is 0 Å². The quantitative estimate of drug-likeness (QED) is 0.694. The van der Waals surface area contributed by atoms with E-state index in [9.17, 15) is 4.79 Å².